The number of pyridine rings is 3. The van der Waals surface area contributed by atoms with E-state index >= 15 is 0 Å². The van der Waals surface area contributed by atoms with Crippen molar-refractivity contribution in [3.8, 4) is 6.07 Å². The lowest BCUT2D eigenvalue weighted by atomic mass is 9.95. The minimum absolute atomic E-state index is 0.292. The molecule has 5 aromatic carbocycles. The number of nitrogens with two attached hydrogens (primary N) is 1. The first kappa shape index (κ1) is 72.6. The minimum atomic E-state index is -1.11. The molecule has 18 nitrogen and oxygen atoms in total. The lowest BCUT2D eigenvalue weighted by Gasteiger charge is -2.28. The van der Waals surface area contributed by atoms with E-state index in [0.29, 0.717) is 43.0 Å². The number of likely N-dealkylation sites (N-methyl/N-ethyl adjacent to an activating group) is 4. The number of carbonyl (C=O) groups is 1. The lowest BCUT2D eigenvalue weighted by Crippen LogP contribution is -2.31. The van der Waals surface area contributed by atoms with Crippen LogP contribution in [0.3, 0.4) is 0 Å². The maximum atomic E-state index is 13.3. The zero-order chi connectivity index (χ0) is 73.4. The van der Waals surface area contributed by atoms with Crippen molar-refractivity contribution < 1.29 is 34.0 Å². The highest BCUT2D eigenvalue weighted by atomic mass is 19.1. The van der Waals surface area contributed by atoms with Gasteiger partial charge >= 0.3 is 0 Å². The maximum absolute atomic E-state index is 13.3. The van der Waals surface area contributed by atoms with E-state index in [1.807, 2.05) is 18.5 Å². The van der Waals surface area contributed by atoms with Gasteiger partial charge in [0.15, 0.2) is 0 Å². The largest absolute Gasteiger partial charge is 0.387 e. The molecule has 12 aromatic rings. The number of aromatic nitrogens is 7. The number of primary amides is 1. The number of rotatable bonds is 13. The Morgan fingerprint density at radius 3 is 1.30 bits per heavy atom. The number of halogens is 2. The Morgan fingerprint density at radius 2 is 0.865 bits per heavy atom. The van der Waals surface area contributed by atoms with Crippen LogP contribution in [0.2, 0.25) is 0 Å². The SMILES string of the molecule is Cc1ccc2c(c1)c1c(n2CC(O)c2ccc(C#N)nc2)CCN(C)C1.Cc1ccc2c(c1)c1c(n2CC(O)c2ccc(C(N)=O)cc2)CCN(C)C1.Cc1cnc2c(c1)c1c(n2CC(C)(O)c2ccc(F)cc2)CCN(C)C1.Cc1cnc2c(c1)c1c(n2CC(O)c2ccc(F)cc2)CCN(C)C1. The van der Waals surface area contributed by atoms with Crippen molar-refractivity contribution in [2.24, 2.45) is 5.73 Å². The molecule has 538 valence electrons. The Bertz CT molecular complexity index is 5170. The molecule has 11 heterocycles. The first-order valence-electron chi connectivity index (χ1n) is 35.8. The summed E-state index contributed by atoms with van der Waals surface area (Å²) in [6.45, 7) is 19.6. The summed E-state index contributed by atoms with van der Waals surface area (Å²) in [4.78, 5) is 34.0. The van der Waals surface area contributed by atoms with Gasteiger partial charge in [-0.1, -0.05) is 65.7 Å². The number of hydrogen-bond acceptors (Lipinski definition) is 13. The Balaban J connectivity index is 0.000000123. The molecule has 0 bridgehead atoms. The summed E-state index contributed by atoms with van der Waals surface area (Å²) in [6.07, 6.45) is 7.19. The van der Waals surface area contributed by atoms with Crippen LogP contribution < -0.4 is 5.73 Å². The summed E-state index contributed by atoms with van der Waals surface area (Å²) in [5.41, 5.74) is 27.4. The average Bonchev–Trinajstić information content (AvgIpc) is 1.63. The summed E-state index contributed by atoms with van der Waals surface area (Å²) < 4.78 is 35.2. The number of fused-ring (bicyclic) bond motifs is 12. The molecule has 0 aliphatic carbocycles. The molecule has 0 fully saturated rings. The fraction of sp³-hybridized carbons (Fsp3) is 0.345. The topological polar surface area (TPSA) is 219 Å². The van der Waals surface area contributed by atoms with E-state index in [-0.39, 0.29) is 11.6 Å². The number of hydrogen-bond donors (Lipinski definition) is 5. The van der Waals surface area contributed by atoms with Crippen molar-refractivity contribution in [1.29, 1.82) is 5.26 Å². The maximum Gasteiger partial charge on any atom is 0.248 e. The highest BCUT2D eigenvalue weighted by Crippen LogP contribution is 2.38. The molecule has 4 atom stereocenters. The van der Waals surface area contributed by atoms with Crippen molar-refractivity contribution >= 4 is 49.8 Å². The molecule has 4 unspecified atom stereocenters. The number of aliphatic hydroxyl groups is 4. The second-order valence-electron chi connectivity index (χ2n) is 29.3. The van der Waals surface area contributed by atoms with Crippen LogP contribution in [0.5, 0.6) is 0 Å². The van der Waals surface area contributed by atoms with E-state index in [9.17, 15) is 34.0 Å². The van der Waals surface area contributed by atoms with E-state index in [2.05, 4.69) is 157 Å². The van der Waals surface area contributed by atoms with Gasteiger partial charge in [-0.05, 0) is 192 Å². The zero-order valence-electron chi connectivity index (χ0n) is 60.9. The Hall–Kier alpha value is -9.79. The normalized spacial score (nSPS) is 16.2. The summed E-state index contributed by atoms with van der Waals surface area (Å²) in [6, 6.07) is 41.9. The Labute approximate surface area is 606 Å². The summed E-state index contributed by atoms with van der Waals surface area (Å²) in [7, 11) is 8.56. The van der Waals surface area contributed by atoms with Crippen LogP contribution >= 0.6 is 0 Å². The quantitative estimate of drug-likeness (QED) is 0.0726. The standard InChI is InChI=1S/C22H25N3O2.C21H24FN3O.C21H22N4O.C20H22FN3O/c1-14-3-8-19-17(11-14)18-12-24(2)10-9-20(18)25(19)13-21(26)15-4-6-16(7-5-15)22(23)27;1-14-10-17-18-12-24(3)9-8-19(18)25(20(17)23-11-14)13-21(2,26)15-4-6-16(22)7-5-15;1-14-3-6-19-17(9-14)18-12-24(2)8-7-20(18)25(19)13-21(26)15-4-5-16(10-22)23-11-15;1-13-9-16-17-11-23(2)8-7-18(17)24(20(16)22-10-13)12-19(25)14-3-5-15(21)6-4-14/h3-8,11,21,26H,9-10,12-13H2,1-2H3,(H2,23,27);4-7,10-11,26H,8-9,12-13H2,1-3H3;3-6,9,11,21,26H,7-8,12-13H2,1-2H3;3-6,9-10,19,25H,7-8,11-12H2,1-2H3. The summed E-state index contributed by atoms with van der Waals surface area (Å²) in [5.74, 6) is -1.05. The molecular formula is C84H93F2N13O5. The molecule has 4 aliphatic heterocycles. The molecule has 0 spiro atoms. The van der Waals surface area contributed by atoms with E-state index in [1.165, 1.54) is 113 Å². The molecule has 7 aromatic heterocycles. The van der Waals surface area contributed by atoms with Gasteiger partial charge in [0.2, 0.25) is 5.91 Å². The van der Waals surface area contributed by atoms with Crippen LogP contribution in [0.4, 0.5) is 8.78 Å². The fourth-order valence-corrected chi connectivity index (χ4v) is 15.6. The third-order valence-electron chi connectivity index (χ3n) is 21.2. The van der Waals surface area contributed by atoms with Gasteiger partial charge in [0.05, 0.1) is 44.5 Å². The van der Waals surface area contributed by atoms with Crippen LogP contribution in [0.15, 0.2) is 152 Å². The lowest BCUT2D eigenvalue weighted by molar-refractivity contribution is 0.0383. The summed E-state index contributed by atoms with van der Waals surface area (Å²) in [5, 5.41) is 57.2. The number of aliphatic hydroxyl groups excluding tert-OH is 3. The van der Waals surface area contributed by atoms with Crippen LogP contribution in [-0.4, -0.2) is 134 Å². The number of amides is 1. The third-order valence-corrected chi connectivity index (χ3v) is 21.2. The van der Waals surface area contributed by atoms with Crippen LogP contribution in [-0.2, 0) is 83.6 Å². The van der Waals surface area contributed by atoms with Crippen molar-refractivity contribution in [2.45, 2.75) is 137 Å². The second-order valence-corrected chi connectivity index (χ2v) is 29.3. The molecular weight excluding hydrogens is 1310 g/mol. The average molecular weight is 1400 g/mol. The summed E-state index contributed by atoms with van der Waals surface area (Å²) >= 11 is 0. The van der Waals surface area contributed by atoms with E-state index in [1.54, 1.807) is 73.8 Å². The van der Waals surface area contributed by atoms with Gasteiger partial charge in [0.25, 0.3) is 0 Å². The molecule has 104 heavy (non-hydrogen) atoms. The predicted molar refractivity (Wildman–Crippen MR) is 404 cm³/mol. The second kappa shape index (κ2) is 30.5. The molecule has 20 heteroatoms. The molecule has 0 radical (unpaired) electrons. The van der Waals surface area contributed by atoms with Gasteiger partial charge in [0.1, 0.15) is 40.3 Å². The molecule has 0 saturated heterocycles. The van der Waals surface area contributed by atoms with Gasteiger partial charge in [-0.2, -0.15) is 5.26 Å². The number of aryl methyl sites for hydroxylation is 4. The Morgan fingerprint density at radius 1 is 0.490 bits per heavy atom. The predicted octanol–water partition coefficient (Wildman–Crippen LogP) is 12.3. The van der Waals surface area contributed by atoms with Crippen LogP contribution in [0.25, 0.3) is 43.9 Å². The zero-order valence-corrected chi connectivity index (χ0v) is 60.9. The first-order valence-corrected chi connectivity index (χ1v) is 35.8. The van der Waals surface area contributed by atoms with Crippen molar-refractivity contribution in [3.63, 3.8) is 0 Å². The van der Waals surface area contributed by atoms with Crippen molar-refractivity contribution in [1.82, 2.24) is 52.8 Å². The van der Waals surface area contributed by atoms with Gasteiger partial charge in [-0.15, -0.1) is 0 Å². The first-order chi connectivity index (χ1) is 49.9. The van der Waals surface area contributed by atoms with Gasteiger partial charge in [-0.25, -0.2) is 23.7 Å². The molecule has 6 N–H and O–H groups in total. The number of benzene rings is 5. The highest BCUT2D eigenvalue weighted by molar-refractivity contribution is 5.93. The van der Waals surface area contributed by atoms with Crippen LogP contribution in [0, 0.1) is 50.7 Å². The highest BCUT2D eigenvalue weighted by Gasteiger charge is 2.32. The van der Waals surface area contributed by atoms with E-state index in [4.69, 9.17) is 11.0 Å². The van der Waals surface area contributed by atoms with Crippen LogP contribution in [0.1, 0.15) is 131 Å². The smallest absolute Gasteiger partial charge is 0.248 e. The molecule has 1 amide bonds. The van der Waals surface area contributed by atoms with Gasteiger partial charge in [0, 0.05) is 163 Å². The fourth-order valence-electron chi connectivity index (χ4n) is 15.6. The minimum Gasteiger partial charge on any atom is -0.387 e. The van der Waals surface area contributed by atoms with Gasteiger partial charge < -0.3 is 64.0 Å². The van der Waals surface area contributed by atoms with Gasteiger partial charge in [-0.3, -0.25) is 4.79 Å². The molecule has 0 saturated carbocycles. The molecule has 4 aliphatic rings. The monoisotopic (exact) mass is 1400 g/mol. The van der Waals surface area contributed by atoms with Crippen molar-refractivity contribution in [2.75, 3.05) is 54.4 Å². The number of nitriles is 1. The van der Waals surface area contributed by atoms with E-state index < -0.39 is 29.8 Å². The Kier molecular flexibility index (Phi) is 21.3. The third kappa shape index (κ3) is 15.4. The number of nitrogens with zero attached hydrogens (tertiary/aromatic N) is 12. The van der Waals surface area contributed by atoms with Crippen molar-refractivity contribution in [3.05, 3.63) is 264 Å². The van der Waals surface area contributed by atoms with E-state index in [0.717, 1.165) is 117 Å². The molecule has 16 rings (SSSR count). The number of carbonyl (C=O) groups excluding carboxylic acids is 1.